The van der Waals surface area contributed by atoms with Crippen LogP contribution in [0.15, 0.2) is 41.7 Å². The highest BCUT2D eigenvalue weighted by Crippen LogP contribution is 2.24. The summed E-state index contributed by atoms with van der Waals surface area (Å²) in [6.07, 6.45) is 4.54. The van der Waals surface area contributed by atoms with Crippen molar-refractivity contribution in [2.45, 2.75) is 44.7 Å². The van der Waals surface area contributed by atoms with Gasteiger partial charge in [-0.2, -0.15) is 9.61 Å². The van der Waals surface area contributed by atoms with E-state index in [1.807, 2.05) is 39.8 Å². The van der Waals surface area contributed by atoms with E-state index in [4.69, 9.17) is 4.74 Å². The second-order valence-electron chi connectivity index (χ2n) is 6.95. The van der Waals surface area contributed by atoms with E-state index in [1.54, 1.807) is 29.2 Å². The Bertz CT molecular complexity index is 934. The number of hydrogen-bond donors (Lipinski definition) is 1. The van der Waals surface area contributed by atoms with Crippen molar-refractivity contribution >= 4 is 30.2 Å². The molecule has 0 aliphatic rings. The first-order valence-electron chi connectivity index (χ1n) is 8.18. The molecule has 0 unspecified atom stereocenters. The minimum atomic E-state index is -0.621. The summed E-state index contributed by atoms with van der Waals surface area (Å²) in [7, 11) is 0. The van der Waals surface area contributed by atoms with Crippen LogP contribution in [0.3, 0.4) is 0 Å². The quantitative estimate of drug-likeness (QED) is 0.711. The van der Waals surface area contributed by atoms with Gasteiger partial charge in [0.25, 0.3) is 0 Å². The van der Waals surface area contributed by atoms with Gasteiger partial charge in [-0.15, -0.1) is 12.6 Å². The Kier molecular flexibility index (Phi) is 4.86. The van der Waals surface area contributed by atoms with Crippen molar-refractivity contribution in [2.24, 2.45) is 0 Å². The number of aryl methyl sites for hydroxylation is 1. The van der Waals surface area contributed by atoms with Crippen LogP contribution < -0.4 is 4.90 Å². The van der Waals surface area contributed by atoms with Gasteiger partial charge < -0.3 is 4.74 Å². The molecule has 0 aromatic carbocycles. The van der Waals surface area contributed by atoms with Crippen molar-refractivity contribution in [1.29, 1.82) is 0 Å². The maximum absolute atomic E-state index is 12.9. The van der Waals surface area contributed by atoms with Crippen molar-refractivity contribution in [1.82, 2.24) is 19.6 Å². The van der Waals surface area contributed by atoms with Crippen LogP contribution in [-0.4, -0.2) is 31.3 Å². The molecule has 0 spiro atoms. The molecule has 136 valence electrons. The zero-order valence-electron chi connectivity index (χ0n) is 15.2. The van der Waals surface area contributed by atoms with Gasteiger partial charge >= 0.3 is 6.09 Å². The molecule has 7 nitrogen and oxygen atoms in total. The minimum Gasteiger partial charge on any atom is -0.443 e. The van der Waals surface area contributed by atoms with Gasteiger partial charge in [0, 0.05) is 24.2 Å². The van der Waals surface area contributed by atoms with Gasteiger partial charge in [-0.25, -0.2) is 9.78 Å². The molecule has 0 aliphatic carbocycles. The molecule has 0 saturated carbocycles. The summed E-state index contributed by atoms with van der Waals surface area (Å²) < 4.78 is 7.20. The van der Waals surface area contributed by atoms with Gasteiger partial charge in [-0.3, -0.25) is 9.88 Å². The zero-order valence-corrected chi connectivity index (χ0v) is 16.1. The van der Waals surface area contributed by atoms with Crippen LogP contribution in [0.1, 0.15) is 32.0 Å². The highest BCUT2D eigenvalue weighted by atomic mass is 32.1. The molecule has 0 fully saturated rings. The third kappa shape index (κ3) is 3.96. The van der Waals surface area contributed by atoms with E-state index < -0.39 is 11.7 Å². The van der Waals surface area contributed by atoms with Gasteiger partial charge in [0.2, 0.25) is 0 Å². The standard InChI is InChI=1S/C18H21N5O2S/c1-12-8-15(23-16(21-12)14(26)10-20-23)22(17(24)25-18(2,3)4)11-13-6-5-7-19-9-13/h5-10,26H,11H2,1-4H3. The molecule has 3 heterocycles. The molecule has 3 rings (SSSR count). The number of carbonyl (C=O) groups is 1. The lowest BCUT2D eigenvalue weighted by Crippen LogP contribution is -2.37. The molecule has 1 amide bonds. The molecule has 0 saturated heterocycles. The first-order chi connectivity index (χ1) is 12.2. The van der Waals surface area contributed by atoms with E-state index in [-0.39, 0.29) is 0 Å². The predicted molar refractivity (Wildman–Crippen MR) is 102 cm³/mol. The highest BCUT2D eigenvalue weighted by Gasteiger charge is 2.26. The highest BCUT2D eigenvalue weighted by molar-refractivity contribution is 7.80. The maximum atomic E-state index is 12.9. The number of rotatable bonds is 3. The normalized spacial score (nSPS) is 11.6. The summed E-state index contributed by atoms with van der Waals surface area (Å²) in [5.74, 6) is 0.561. The fourth-order valence-electron chi connectivity index (χ4n) is 2.48. The molecule has 0 radical (unpaired) electrons. The van der Waals surface area contributed by atoms with Crippen molar-refractivity contribution < 1.29 is 9.53 Å². The fourth-order valence-corrected chi connectivity index (χ4v) is 2.67. The third-order valence-corrected chi connectivity index (χ3v) is 3.83. The number of ether oxygens (including phenoxy) is 1. The van der Waals surface area contributed by atoms with Gasteiger partial charge in [0.15, 0.2) is 5.65 Å². The number of nitrogens with zero attached hydrogens (tertiary/aromatic N) is 5. The largest absolute Gasteiger partial charge is 0.443 e. The van der Waals surface area contributed by atoms with E-state index in [1.165, 1.54) is 4.90 Å². The van der Waals surface area contributed by atoms with E-state index in [0.29, 0.717) is 22.9 Å². The Morgan fingerprint density at radius 2 is 2.12 bits per heavy atom. The van der Waals surface area contributed by atoms with Crippen molar-refractivity contribution in [3.63, 3.8) is 0 Å². The first kappa shape index (κ1) is 18.2. The second-order valence-corrected chi connectivity index (χ2v) is 7.43. The van der Waals surface area contributed by atoms with Gasteiger partial charge in [0.05, 0.1) is 17.6 Å². The minimum absolute atomic E-state index is 0.295. The number of thiol groups is 1. The summed E-state index contributed by atoms with van der Waals surface area (Å²) in [6, 6.07) is 5.53. The Morgan fingerprint density at radius 3 is 2.77 bits per heavy atom. The van der Waals surface area contributed by atoms with Crippen LogP contribution in [0.2, 0.25) is 0 Å². The molecule has 8 heteroatoms. The Hall–Kier alpha value is -2.61. The molecule has 0 bridgehead atoms. The Balaban J connectivity index is 2.10. The third-order valence-electron chi connectivity index (χ3n) is 3.52. The summed E-state index contributed by atoms with van der Waals surface area (Å²) in [5.41, 5.74) is 1.59. The molecule has 0 atom stereocenters. The van der Waals surface area contributed by atoms with Crippen molar-refractivity contribution in [3.8, 4) is 0 Å². The van der Waals surface area contributed by atoms with E-state index >= 15 is 0 Å². The summed E-state index contributed by atoms with van der Waals surface area (Å²) in [5, 5.41) is 4.31. The predicted octanol–water partition coefficient (Wildman–Crippen LogP) is 3.66. The lowest BCUT2D eigenvalue weighted by molar-refractivity contribution is 0.0575. The van der Waals surface area contributed by atoms with Gasteiger partial charge in [-0.05, 0) is 39.3 Å². The van der Waals surface area contributed by atoms with Crippen molar-refractivity contribution in [2.75, 3.05) is 4.90 Å². The summed E-state index contributed by atoms with van der Waals surface area (Å²) in [4.78, 5) is 23.7. The lowest BCUT2D eigenvalue weighted by Gasteiger charge is -2.27. The molecular weight excluding hydrogens is 350 g/mol. The number of pyridine rings is 1. The smallest absolute Gasteiger partial charge is 0.416 e. The molecule has 3 aromatic heterocycles. The number of hydrogen-bond acceptors (Lipinski definition) is 6. The fraction of sp³-hybridized carbons (Fsp3) is 0.333. The summed E-state index contributed by atoms with van der Waals surface area (Å²) in [6.45, 7) is 7.66. The van der Waals surface area contributed by atoms with E-state index in [2.05, 4.69) is 27.7 Å². The summed E-state index contributed by atoms with van der Waals surface area (Å²) >= 11 is 4.39. The maximum Gasteiger partial charge on any atom is 0.416 e. The van der Waals surface area contributed by atoms with Crippen LogP contribution in [-0.2, 0) is 11.3 Å². The molecular formula is C18H21N5O2S. The molecule has 0 aliphatic heterocycles. The average Bonchev–Trinajstić information content (AvgIpc) is 2.92. The number of anilines is 1. The van der Waals surface area contributed by atoms with Crippen LogP contribution in [0.5, 0.6) is 0 Å². The number of aromatic nitrogens is 4. The molecule has 3 aromatic rings. The van der Waals surface area contributed by atoms with Crippen LogP contribution in [0.25, 0.3) is 5.65 Å². The van der Waals surface area contributed by atoms with Crippen LogP contribution >= 0.6 is 12.6 Å². The monoisotopic (exact) mass is 371 g/mol. The zero-order chi connectivity index (χ0) is 18.9. The number of carbonyl (C=O) groups excluding carboxylic acids is 1. The average molecular weight is 371 g/mol. The topological polar surface area (TPSA) is 72.6 Å². The van der Waals surface area contributed by atoms with Crippen molar-refractivity contribution in [3.05, 3.63) is 48.0 Å². The molecule has 0 N–H and O–H groups in total. The SMILES string of the molecule is Cc1cc(N(Cc2cccnc2)C(=O)OC(C)(C)C)n2ncc(S)c2n1. The van der Waals surface area contributed by atoms with E-state index in [0.717, 1.165) is 11.3 Å². The number of fused-ring (bicyclic) bond motifs is 1. The van der Waals surface area contributed by atoms with Crippen LogP contribution in [0.4, 0.5) is 10.6 Å². The second kappa shape index (κ2) is 6.95. The van der Waals surface area contributed by atoms with E-state index in [9.17, 15) is 4.79 Å². The van der Waals surface area contributed by atoms with Gasteiger partial charge in [0.1, 0.15) is 11.4 Å². The molecule has 26 heavy (non-hydrogen) atoms. The first-order valence-corrected chi connectivity index (χ1v) is 8.63. The Labute approximate surface area is 157 Å². The number of amides is 1. The lowest BCUT2D eigenvalue weighted by atomic mass is 10.2. The Morgan fingerprint density at radius 1 is 1.35 bits per heavy atom. The van der Waals surface area contributed by atoms with Gasteiger partial charge in [-0.1, -0.05) is 6.07 Å². The van der Waals surface area contributed by atoms with Crippen LogP contribution in [0, 0.1) is 6.92 Å².